The molecule has 0 aliphatic rings. The topological polar surface area (TPSA) is 9.23 Å². The van der Waals surface area contributed by atoms with E-state index in [4.69, 9.17) is 4.74 Å². The van der Waals surface area contributed by atoms with E-state index in [0.717, 1.165) is 18.8 Å². The maximum absolute atomic E-state index is 5.70. The average molecular weight is 240 g/mol. The summed E-state index contributed by atoms with van der Waals surface area (Å²) in [5.74, 6) is 0.964. The van der Waals surface area contributed by atoms with Gasteiger partial charge in [-0.1, -0.05) is 62.2 Å². The number of hydrogen-bond acceptors (Lipinski definition) is 1. The SMILES string of the molecule is CCCCCOc1ccc(-c2ccccc2)cc1. The summed E-state index contributed by atoms with van der Waals surface area (Å²) in [5.41, 5.74) is 2.48. The molecule has 0 unspecified atom stereocenters. The molecule has 0 radical (unpaired) electrons. The molecular formula is C17H20O. The Bertz CT molecular complexity index is 445. The lowest BCUT2D eigenvalue weighted by Crippen LogP contribution is -1.96. The van der Waals surface area contributed by atoms with Crippen LogP contribution in [-0.2, 0) is 0 Å². The summed E-state index contributed by atoms with van der Waals surface area (Å²) >= 11 is 0. The molecule has 1 heteroatoms. The van der Waals surface area contributed by atoms with Gasteiger partial charge in [-0.15, -0.1) is 0 Å². The van der Waals surface area contributed by atoms with Gasteiger partial charge in [-0.2, -0.15) is 0 Å². The van der Waals surface area contributed by atoms with Gasteiger partial charge in [0.2, 0.25) is 0 Å². The first-order chi connectivity index (χ1) is 8.90. The van der Waals surface area contributed by atoms with Gasteiger partial charge in [-0.25, -0.2) is 0 Å². The summed E-state index contributed by atoms with van der Waals surface area (Å²) in [6, 6.07) is 18.7. The van der Waals surface area contributed by atoms with Crippen LogP contribution >= 0.6 is 0 Å². The molecule has 0 atom stereocenters. The molecule has 18 heavy (non-hydrogen) atoms. The summed E-state index contributed by atoms with van der Waals surface area (Å²) in [6.45, 7) is 3.02. The van der Waals surface area contributed by atoms with Crippen molar-refractivity contribution in [2.75, 3.05) is 6.61 Å². The van der Waals surface area contributed by atoms with Crippen molar-refractivity contribution < 1.29 is 4.74 Å². The molecule has 0 aliphatic heterocycles. The van der Waals surface area contributed by atoms with Gasteiger partial charge < -0.3 is 4.74 Å². The van der Waals surface area contributed by atoms with Gasteiger partial charge in [0.1, 0.15) is 5.75 Å². The number of benzene rings is 2. The van der Waals surface area contributed by atoms with E-state index >= 15 is 0 Å². The van der Waals surface area contributed by atoms with E-state index in [9.17, 15) is 0 Å². The first kappa shape index (κ1) is 12.7. The Hall–Kier alpha value is -1.76. The zero-order chi connectivity index (χ0) is 12.6. The van der Waals surface area contributed by atoms with Crippen LogP contribution in [0.4, 0.5) is 0 Å². The highest BCUT2D eigenvalue weighted by molar-refractivity contribution is 5.63. The van der Waals surface area contributed by atoms with Gasteiger partial charge in [0.15, 0.2) is 0 Å². The van der Waals surface area contributed by atoms with E-state index < -0.39 is 0 Å². The van der Waals surface area contributed by atoms with Crippen LogP contribution in [0.5, 0.6) is 5.75 Å². The van der Waals surface area contributed by atoms with Crippen molar-refractivity contribution in [1.29, 1.82) is 0 Å². The molecule has 0 aliphatic carbocycles. The van der Waals surface area contributed by atoms with E-state index in [1.165, 1.54) is 24.0 Å². The number of rotatable bonds is 6. The molecule has 0 heterocycles. The molecular weight excluding hydrogens is 220 g/mol. The Kier molecular flexibility index (Phi) is 4.83. The third-order valence-corrected chi connectivity index (χ3v) is 2.98. The zero-order valence-corrected chi connectivity index (χ0v) is 10.9. The van der Waals surface area contributed by atoms with E-state index in [2.05, 4.69) is 43.3 Å². The van der Waals surface area contributed by atoms with Gasteiger partial charge in [-0.3, -0.25) is 0 Å². The van der Waals surface area contributed by atoms with Crippen molar-refractivity contribution in [1.82, 2.24) is 0 Å². The molecule has 2 aromatic rings. The Balaban J connectivity index is 1.94. The second-order valence-electron chi connectivity index (χ2n) is 4.45. The Morgan fingerprint density at radius 3 is 2.11 bits per heavy atom. The molecule has 1 nitrogen and oxygen atoms in total. The third-order valence-electron chi connectivity index (χ3n) is 2.98. The lowest BCUT2D eigenvalue weighted by Gasteiger charge is -2.07. The summed E-state index contributed by atoms with van der Waals surface area (Å²) in [5, 5.41) is 0. The molecule has 0 spiro atoms. The fourth-order valence-electron chi connectivity index (χ4n) is 1.92. The minimum absolute atomic E-state index is 0.818. The normalized spacial score (nSPS) is 10.3. The van der Waals surface area contributed by atoms with Crippen molar-refractivity contribution in [3.63, 3.8) is 0 Å². The van der Waals surface area contributed by atoms with Crippen molar-refractivity contribution >= 4 is 0 Å². The van der Waals surface area contributed by atoms with Crippen LogP contribution in [0.1, 0.15) is 26.2 Å². The first-order valence-corrected chi connectivity index (χ1v) is 6.68. The molecule has 0 N–H and O–H groups in total. The minimum atomic E-state index is 0.818. The molecule has 0 bridgehead atoms. The second kappa shape index (κ2) is 6.85. The Morgan fingerprint density at radius 2 is 1.44 bits per heavy atom. The quantitative estimate of drug-likeness (QED) is 0.651. The van der Waals surface area contributed by atoms with Gasteiger partial charge in [0.25, 0.3) is 0 Å². The first-order valence-electron chi connectivity index (χ1n) is 6.68. The van der Waals surface area contributed by atoms with Crippen LogP contribution in [-0.4, -0.2) is 6.61 Å². The van der Waals surface area contributed by atoms with Crippen LogP contribution < -0.4 is 4.74 Å². The highest BCUT2D eigenvalue weighted by Crippen LogP contribution is 2.22. The zero-order valence-electron chi connectivity index (χ0n) is 10.9. The molecule has 2 aromatic carbocycles. The smallest absolute Gasteiger partial charge is 0.119 e. The van der Waals surface area contributed by atoms with Gasteiger partial charge >= 0.3 is 0 Å². The summed E-state index contributed by atoms with van der Waals surface area (Å²) in [7, 11) is 0. The number of hydrogen-bond donors (Lipinski definition) is 0. The van der Waals surface area contributed by atoms with Crippen LogP contribution in [0.3, 0.4) is 0 Å². The Morgan fingerprint density at radius 1 is 0.778 bits per heavy atom. The fourth-order valence-corrected chi connectivity index (χ4v) is 1.92. The lowest BCUT2D eigenvalue weighted by molar-refractivity contribution is 0.306. The van der Waals surface area contributed by atoms with E-state index in [1.807, 2.05) is 18.2 Å². The standard InChI is InChI=1S/C17H20O/c1-2-3-7-14-18-17-12-10-16(11-13-17)15-8-5-4-6-9-15/h4-6,8-13H,2-3,7,14H2,1H3. The van der Waals surface area contributed by atoms with Gasteiger partial charge in [-0.05, 0) is 29.7 Å². The van der Waals surface area contributed by atoms with Crippen LogP contribution in [0.15, 0.2) is 54.6 Å². The molecule has 0 saturated carbocycles. The fraction of sp³-hybridized carbons (Fsp3) is 0.294. The van der Waals surface area contributed by atoms with Crippen molar-refractivity contribution in [2.45, 2.75) is 26.2 Å². The molecule has 0 saturated heterocycles. The van der Waals surface area contributed by atoms with E-state index in [0.29, 0.717) is 0 Å². The molecule has 94 valence electrons. The molecule has 0 amide bonds. The minimum Gasteiger partial charge on any atom is -0.494 e. The van der Waals surface area contributed by atoms with Crippen LogP contribution in [0, 0.1) is 0 Å². The maximum Gasteiger partial charge on any atom is 0.119 e. The van der Waals surface area contributed by atoms with E-state index in [1.54, 1.807) is 0 Å². The van der Waals surface area contributed by atoms with Crippen LogP contribution in [0.25, 0.3) is 11.1 Å². The largest absolute Gasteiger partial charge is 0.494 e. The summed E-state index contributed by atoms with van der Waals surface area (Å²) < 4.78 is 5.70. The maximum atomic E-state index is 5.70. The van der Waals surface area contributed by atoms with Gasteiger partial charge in [0, 0.05) is 0 Å². The highest BCUT2D eigenvalue weighted by Gasteiger charge is 1.97. The number of unbranched alkanes of at least 4 members (excludes halogenated alkanes) is 2. The predicted molar refractivity (Wildman–Crippen MR) is 76.9 cm³/mol. The van der Waals surface area contributed by atoms with Crippen molar-refractivity contribution in [3.05, 3.63) is 54.6 Å². The predicted octanol–water partition coefficient (Wildman–Crippen LogP) is 4.92. The molecule has 0 fully saturated rings. The lowest BCUT2D eigenvalue weighted by atomic mass is 10.1. The molecule has 0 aromatic heterocycles. The molecule has 2 rings (SSSR count). The van der Waals surface area contributed by atoms with Crippen molar-refractivity contribution in [3.8, 4) is 16.9 Å². The number of ether oxygens (including phenoxy) is 1. The third kappa shape index (κ3) is 3.63. The monoisotopic (exact) mass is 240 g/mol. The average Bonchev–Trinajstić information content (AvgIpc) is 2.45. The van der Waals surface area contributed by atoms with Crippen molar-refractivity contribution in [2.24, 2.45) is 0 Å². The summed E-state index contributed by atoms with van der Waals surface area (Å²) in [6.07, 6.45) is 3.61. The summed E-state index contributed by atoms with van der Waals surface area (Å²) in [4.78, 5) is 0. The van der Waals surface area contributed by atoms with Gasteiger partial charge in [0.05, 0.1) is 6.61 Å². The van der Waals surface area contributed by atoms with Crippen LogP contribution in [0.2, 0.25) is 0 Å². The Labute approximate surface area is 109 Å². The second-order valence-corrected chi connectivity index (χ2v) is 4.45. The highest BCUT2D eigenvalue weighted by atomic mass is 16.5. The van der Waals surface area contributed by atoms with E-state index in [-0.39, 0.29) is 0 Å².